The summed E-state index contributed by atoms with van der Waals surface area (Å²) >= 11 is 0. The molecule has 0 saturated carbocycles. The predicted octanol–water partition coefficient (Wildman–Crippen LogP) is 14.3. The second kappa shape index (κ2) is 15.4. The monoisotopic (exact) mass is 921 g/mol. The lowest BCUT2D eigenvalue weighted by Gasteiger charge is -2.34. The Kier molecular flexibility index (Phi) is 8.64. The summed E-state index contributed by atoms with van der Waals surface area (Å²) in [7, 11) is -2.77. The molecule has 0 fully saturated rings. The van der Waals surface area contributed by atoms with Crippen molar-refractivity contribution >= 4 is 116 Å². The summed E-state index contributed by atoms with van der Waals surface area (Å²) in [4.78, 5) is 0. The van der Waals surface area contributed by atoms with Crippen LogP contribution in [0, 0.1) is 0 Å². The molecule has 332 valence electrons. The van der Waals surface area contributed by atoms with Crippen molar-refractivity contribution in [3.05, 3.63) is 261 Å². The van der Waals surface area contributed by atoms with E-state index in [-0.39, 0.29) is 0 Å². The van der Waals surface area contributed by atoms with E-state index >= 15 is 0 Å². The zero-order valence-electron chi connectivity index (χ0n) is 38.6. The van der Waals surface area contributed by atoms with Crippen molar-refractivity contribution in [1.29, 1.82) is 0 Å². The molecule has 0 aliphatic carbocycles. The second-order valence-corrected chi connectivity index (χ2v) is 22.6. The average Bonchev–Trinajstić information content (AvgIpc) is 4.18. The van der Waals surface area contributed by atoms with Gasteiger partial charge in [0.25, 0.3) is 0 Å². The number of nitrogens with zero attached hydrogens (tertiary/aromatic N) is 3. The van der Waals surface area contributed by atoms with Gasteiger partial charge in [-0.3, -0.25) is 0 Å². The summed E-state index contributed by atoms with van der Waals surface area (Å²) in [5, 5.41) is 14.9. The number of hydrogen-bond acceptors (Lipinski definition) is 1. The van der Waals surface area contributed by atoms with Gasteiger partial charge >= 0.3 is 0 Å². The molecule has 4 aromatic heterocycles. The van der Waals surface area contributed by atoms with Crippen LogP contribution in [0.1, 0.15) is 0 Å². The third kappa shape index (κ3) is 5.72. The first-order valence-electron chi connectivity index (χ1n) is 24.4. The van der Waals surface area contributed by atoms with Crippen molar-refractivity contribution in [1.82, 2.24) is 13.7 Å². The van der Waals surface area contributed by atoms with Crippen molar-refractivity contribution in [2.24, 2.45) is 0 Å². The predicted molar refractivity (Wildman–Crippen MR) is 300 cm³/mol. The van der Waals surface area contributed by atoms with Crippen LogP contribution in [0.4, 0.5) is 0 Å². The van der Waals surface area contributed by atoms with Gasteiger partial charge in [0, 0.05) is 60.2 Å². The van der Waals surface area contributed by atoms with Crippen LogP contribution in [-0.2, 0) is 0 Å². The molecule has 0 N–H and O–H groups in total. The molecule has 0 unspecified atom stereocenters. The highest BCUT2D eigenvalue weighted by atomic mass is 28.3. The van der Waals surface area contributed by atoms with Crippen molar-refractivity contribution in [3.63, 3.8) is 0 Å². The van der Waals surface area contributed by atoms with E-state index in [9.17, 15) is 0 Å². The highest BCUT2D eigenvalue weighted by Gasteiger charge is 2.41. The molecule has 4 heterocycles. The summed E-state index contributed by atoms with van der Waals surface area (Å²) in [6.45, 7) is 0. The van der Waals surface area contributed by atoms with E-state index in [1.54, 1.807) is 0 Å². The van der Waals surface area contributed by atoms with Gasteiger partial charge in [0.1, 0.15) is 5.58 Å². The van der Waals surface area contributed by atoms with Gasteiger partial charge in [-0.15, -0.1) is 0 Å². The maximum atomic E-state index is 6.72. The Hall–Kier alpha value is -9.16. The molecule has 4 nitrogen and oxygen atoms in total. The maximum absolute atomic E-state index is 6.72. The molecule has 71 heavy (non-hydrogen) atoms. The maximum Gasteiger partial charge on any atom is 0.179 e. The summed E-state index contributed by atoms with van der Waals surface area (Å²) in [6.07, 6.45) is 0. The van der Waals surface area contributed by atoms with Gasteiger partial charge in [-0.25, -0.2) is 0 Å². The molecule has 0 saturated heterocycles. The van der Waals surface area contributed by atoms with Crippen LogP contribution < -0.4 is 20.7 Å². The molecule has 0 aliphatic rings. The van der Waals surface area contributed by atoms with Crippen LogP contribution in [0.25, 0.3) is 104 Å². The van der Waals surface area contributed by atoms with E-state index < -0.39 is 8.07 Å². The molecule has 0 spiro atoms. The Morgan fingerprint density at radius 1 is 0.254 bits per heavy atom. The minimum Gasteiger partial charge on any atom is -0.454 e. The molecule has 15 aromatic rings. The first-order chi connectivity index (χ1) is 35.2. The molecular weight excluding hydrogens is 879 g/mol. The average molecular weight is 922 g/mol. The van der Waals surface area contributed by atoms with Gasteiger partial charge in [0.2, 0.25) is 0 Å². The van der Waals surface area contributed by atoms with E-state index in [1.165, 1.54) is 69.6 Å². The molecule has 0 aliphatic heterocycles. The minimum atomic E-state index is -2.77. The Labute approximate surface area is 410 Å². The lowest BCUT2D eigenvalue weighted by Crippen LogP contribution is -2.74. The Morgan fingerprint density at radius 3 is 1.23 bits per heavy atom. The van der Waals surface area contributed by atoms with E-state index in [0.717, 1.165) is 55.6 Å². The van der Waals surface area contributed by atoms with Crippen LogP contribution in [-0.4, -0.2) is 21.8 Å². The lowest BCUT2D eigenvalue weighted by molar-refractivity contribution is 0.671. The SMILES string of the molecule is c1ccc([Si](c2ccccc2)(c2ccccc2)c2cccc(-n3c4ccccc4c4cc(-n5c6ccccc6c6cc(-n7c8ccccc8c8ccc9c%10ccccc%10oc9c87)ccc65)ccc43)c2)cc1. The molecule has 0 amide bonds. The number of fused-ring (bicyclic) bond motifs is 13. The molecule has 5 heteroatoms. The van der Waals surface area contributed by atoms with Crippen molar-refractivity contribution in [2.75, 3.05) is 0 Å². The van der Waals surface area contributed by atoms with E-state index in [4.69, 9.17) is 4.42 Å². The second-order valence-electron chi connectivity index (χ2n) is 18.8. The van der Waals surface area contributed by atoms with Gasteiger partial charge in [-0.1, -0.05) is 182 Å². The highest BCUT2D eigenvalue weighted by Crippen LogP contribution is 2.42. The van der Waals surface area contributed by atoms with Crippen LogP contribution in [0.5, 0.6) is 0 Å². The Bertz CT molecular complexity index is 4480. The standard InChI is InChI=1S/C66H43N3OSi/c1-4-20-47(21-5-1)71(48-22-6-2-7-23-48,49-24-8-3-9-25-49)50-26-18-19-44(41-50)67-59-31-14-11-28-52(59)57-42-45(35-39-62(57)67)68-60-32-15-12-29-53(60)58-43-46(36-40-63(58)68)69-61-33-16-10-27-51(61)55-37-38-56-54-30-13-17-34-64(54)70-66(56)65(55)69/h1-43H. The fraction of sp³-hybridized carbons (Fsp3) is 0. The quantitative estimate of drug-likeness (QED) is 0.116. The topological polar surface area (TPSA) is 27.9 Å². The van der Waals surface area contributed by atoms with Crippen LogP contribution >= 0.6 is 0 Å². The third-order valence-corrected chi connectivity index (χ3v) is 19.9. The van der Waals surface area contributed by atoms with E-state index in [0.29, 0.717) is 0 Å². The summed E-state index contributed by atoms with van der Waals surface area (Å²) in [5.74, 6) is 0. The first kappa shape index (κ1) is 39.8. The smallest absolute Gasteiger partial charge is 0.179 e. The minimum absolute atomic E-state index is 0.900. The summed E-state index contributed by atoms with van der Waals surface area (Å²) < 4.78 is 14.0. The molecule has 11 aromatic carbocycles. The molecule has 0 radical (unpaired) electrons. The van der Waals surface area contributed by atoms with Crippen molar-refractivity contribution < 1.29 is 4.42 Å². The molecular formula is C66H43N3OSi. The van der Waals surface area contributed by atoms with Gasteiger partial charge in [0.05, 0.1) is 33.1 Å². The van der Waals surface area contributed by atoms with Crippen LogP contribution in [0.2, 0.25) is 0 Å². The number of rotatable bonds is 7. The number of benzene rings is 11. The molecule has 15 rings (SSSR count). The summed E-state index contributed by atoms with van der Waals surface area (Å²) in [6, 6.07) is 96.3. The van der Waals surface area contributed by atoms with Crippen LogP contribution in [0.3, 0.4) is 0 Å². The highest BCUT2D eigenvalue weighted by molar-refractivity contribution is 7.19. The van der Waals surface area contributed by atoms with Gasteiger partial charge < -0.3 is 18.1 Å². The number of hydrogen-bond donors (Lipinski definition) is 0. The fourth-order valence-electron chi connectivity index (χ4n) is 12.2. The molecule has 0 atom stereocenters. The van der Waals surface area contributed by atoms with E-state index in [1.807, 2.05) is 6.07 Å². The van der Waals surface area contributed by atoms with Gasteiger partial charge in [-0.05, 0) is 99.6 Å². The van der Waals surface area contributed by atoms with E-state index in [2.05, 4.69) is 268 Å². The lowest BCUT2D eigenvalue weighted by atomic mass is 10.1. The van der Waals surface area contributed by atoms with Gasteiger partial charge in [0.15, 0.2) is 13.7 Å². The number of furan rings is 1. The molecule has 0 bridgehead atoms. The fourth-order valence-corrected chi connectivity index (χ4v) is 17.0. The Morgan fingerprint density at radius 2 is 0.662 bits per heavy atom. The van der Waals surface area contributed by atoms with Crippen molar-refractivity contribution in [3.8, 4) is 17.1 Å². The Balaban J connectivity index is 0.926. The van der Waals surface area contributed by atoms with Crippen LogP contribution in [0.15, 0.2) is 265 Å². The third-order valence-electron chi connectivity index (χ3n) is 15.2. The summed E-state index contributed by atoms with van der Waals surface area (Å²) in [5.41, 5.74) is 12.1. The van der Waals surface area contributed by atoms with Crippen molar-refractivity contribution in [2.45, 2.75) is 0 Å². The zero-order valence-corrected chi connectivity index (χ0v) is 39.6. The first-order valence-corrected chi connectivity index (χ1v) is 26.4. The van der Waals surface area contributed by atoms with Gasteiger partial charge in [-0.2, -0.15) is 0 Å². The zero-order chi connectivity index (χ0) is 46.6. The largest absolute Gasteiger partial charge is 0.454 e. The number of aromatic nitrogens is 3. The normalized spacial score (nSPS) is 12.2. The number of para-hydroxylation sites is 4.